The van der Waals surface area contributed by atoms with Gasteiger partial charge in [0.25, 0.3) is 0 Å². The Morgan fingerprint density at radius 1 is 1.27 bits per heavy atom. The van der Waals surface area contributed by atoms with Gasteiger partial charge in [0.15, 0.2) is 0 Å². The monoisotopic (exact) mass is 257 g/mol. The summed E-state index contributed by atoms with van der Waals surface area (Å²) in [6.45, 7) is 4.46. The molecule has 0 aromatic rings. The molecule has 0 aliphatic carbocycles. The Labute approximate surface area is 104 Å². The predicted molar refractivity (Wildman–Crippen MR) is 67.1 cm³/mol. The van der Waals surface area contributed by atoms with Gasteiger partial charge in [0.05, 0.1) is 0 Å². The molecule has 0 atom stereocenters. The smallest absolute Gasteiger partial charge is 0.223 e. The second-order valence-corrected chi connectivity index (χ2v) is 3.68. The highest BCUT2D eigenvalue weighted by molar-refractivity contribution is 5.85. The van der Waals surface area contributed by atoms with E-state index in [0.717, 1.165) is 32.7 Å². The van der Waals surface area contributed by atoms with E-state index in [-0.39, 0.29) is 30.7 Å². The fourth-order valence-electron chi connectivity index (χ4n) is 1.39. The van der Waals surface area contributed by atoms with Gasteiger partial charge >= 0.3 is 0 Å². The van der Waals surface area contributed by atoms with Crippen LogP contribution in [0.25, 0.3) is 0 Å². The van der Waals surface area contributed by atoms with Crippen molar-refractivity contribution in [2.45, 2.75) is 6.42 Å². The molecule has 0 spiro atoms. The molecule has 4 nitrogen and oxygen atoms in total. The Morgan fingerprint density at radius 2 is 1.80 bits per heavy atom. The van der Waals surface area contributed by atoms with Crippen molar-refractivity contribution in [3.8, 4) is 0 Å². The number of carbonyl (C=O) groups excluding carboxylic acids is 1. The topological polar surface area (TPSA) is 35.6 Å². The first-order valence-corrected chi connectivity index (χ1v) is 4.83. The van der Waals surface area contributed by atoms with Crippen LogP contribution in [0.1, 0.15) is 6.42 Å². The summed E-state index contributed by atoms with van der Waals surface area (Å²) in [6, 6.07) is 0. The van der Waals surface area contributed by atoms with Crippen molar-refractivity contribution in [1.82, 2.24) is 15.1 Å². The van der Waals surface area contributed by atoms with Crippen molar-refractivity contribution < 1.29 is 4.79 Å². The zero-order valence-electron chi connectivity index (χ0n) is 9.36. The maximum absolute atomic E-state index is 11.6. The summed E-state index contributed by atoms with van der Waals surface area (Å²) in [5.74, 6) is 0.287. The maximum Gasteiger partial charge on any atom is 0.223 e. The average molecular weight is 258 g/mol. The number of rotatable bonds is 3. The molecule has 6 heteroatoms. The fraction of sp³-hybridized carbons (Fsp3) is 0.889. The van der Waals surface area contributed by atoms with E-state index in [1.165, 1.54) is 0 Å². The van der Waals surface area contributed by atoms with E-state index in [9.17, 15) is 4.79 Å². The molecule has 0 aromatic heterocycles. The first-order valence-electron chi connectivity index (χ1n) is 4.83. The van der Waals surface area contributed by atoms with E-state index < -0.39 is 0 Å². The second kappa shape index (κ2) is 9.21. The quantitative estimate of drug-likeness (QED) is 0.786. The van der Waals surface area contributed by atoms with Crippen LogP contribution in [0.5, 0.6) is 0 Å². The van der Waals surface area contributed by atoms with Crippen molar-refractivity contribution >= 4 is 30.7 Å². The van der Waals surface area contributed by atoms with Crippen molar-refractivity contribution in [3.63, 3.8) is 0 Å². The minimum Gasteiger partial charge on any atom is -0.340 e. The van der Waals surface area contributed by atoms with Gasteiger partial charge in [-0.3, -0.25) is 4.79 Å². The van der Waals surface area contributed by atoms with E-state index in [2.05, 4.69) is 5.32 Å². The van der Waals surface area contributed by atoms with Gasteiger partial charge in [0.1, 0.15) is 0 Å². The molecule has 92 valence electrons. The summed E-state index contributed by atoms with van der Waals surface area (Å²) in [5, 5.41) is 3.23. The van der Waals surface area contributed by atoms with Crippen LogP contribution in [0.4, 0.5) is 0 Å². The van der Waals surface area contributed by atoms with Crippen LogP contribution >= 0.6 is 24.8 Å². The third kappa shape index (κ3) is 6.95. The lowest BCUT2D eigenvalue weighted by Crippen LogP contribution is -2.46. The molecule has 1 N–H and O–H groups in total. The highest BCUT2D eigenvalue weighted by Gasteiger charge is 2.15. The molecule has 0 radical (unpaired) electrons. The molecule has 15 heavy (non-hydrogen) atoms. The van der Waals surface area contributed by atoms with Crippen LogP contribution in [-0.2, 0) is 4.79 Å². The molecule has 0 unspecified atom stereocenters. The normalized spacial score (nSPS) is 15.5. The third-order valence-electron chi connectivity index (χ3n) is 2.24. The molecule has 0 bridgehead atoms. The first kappa shape index (κ1) is 17.4. The SMILES string of the molecule is CN(C)CCC(=O)N1CCNCC1.Cl.Cl. The van der Waals surface area contributed by atoms with Crippen LogP contribution in [0.2, 0.25) is 0 Å². The van der Waals surface area contributed by atoms with E-state index >= 15 is 0 Å². The molecular weight excluding hydrogens is 237 g/mol. The molecule has 1 heterocycles. The Morgan fingerprint density at radius 3 is 2.27 bits per heavy atom. The van der Waals surface area contributed by atoms with Gasteiger partial charge in [-0.15, -0.1) is 24.8 Å². The molecule has 1 fully saturated rings. The maximum atomic E-state index is 11.6. The van der Waals surface area contributed by atoms with Gasteiger partial charge in [-0.1, -0.05) is 0 Å². The van der Waals surface area contributed by atoms with Crippen LogP contribution in [0.3, 0.4) is 0 Å². The zero-order valence-corrected chi connectivity index (χ0v) is 11.0. The summed E-state index contributed by atoms with van der Waals surface area (Å²) >= 11 is 0. The predicted octanol–water partition coefficient (Wildman–Crippen LogP) is 0.213. The Kier molecular flexibility index (Phi) is 10.7. The fourth-order valence-corrected chi connectivity index (χ4v) is 1.39. The summed E-state index contributed by atoms with van der Waals surface area (Å²) in [5.41, 5.74) is 0. The summed E-state index contributed by atoms with van der Waals surface area (Å²) in [7, 11) is 3.98. The summed E-state index contributed by atoms with van der Waals surface area (Å²) in [6.07, 6.45) is 0.646. The van der Waals surface area contributed by atoms with Crippen molar-refractivity contribution in [2.24, 2.45) is 0 Å². The van der Waals surface area contributed by atoms with E-state index in [1.807, 2.05) is 23.9 Å². The number of nitrogens with zero attached hydrogens (tertiary/aromatic N) is 2. The van der Waals surface area contributed by atoms with Crippen LogP contribution in [-0.4, -0.2) is 62.5 Å². The van der Waals surface area contributed by atoms with Crippen LogP contribution < -0.4 is 5.32 Å². The van der Waals surface area contributed by atoms with E-state index in [4.69, 9.17) is 0 Å². The van der Waals surface area contributed by atoms with Crippen molar-refractivity contribution in [2.75, 3.05) is 46.8 Å². The molecular formula is C9H21Cl2N3O. The number of hydrogen-bond donors (Lipinski definition) is 1. The number of nitrogens with one attached hydrogen (secondary N) is 1. The Balaban J connectivity index is 0. The number of amides is 1. The highest BCUT2D eigenvalue weighted by Crippen LogP contribution is 1.97. The van der Waals surface area contributed by atoms with Gasteiger partial charge < -0.3 is 15.1 Å². The minimum atomic E-state index is 0. The lowest BCUT2D eigenvalue weighted by Gasteiger charge is -2.27. The van der Waals surface area contributed by atoms with Gasteiger partial charge in [-0.05, 0) is 14.1 Å². The molecule has 1 saturated heterocycles. The minimum absolute atomic E-state index is 0. The highest BCUT2D eigenvalue weighted by atomic mass is 35.5. The molecule has 1 aliphatic rings. The number of halogens is 2. The molecule has 0 aromatic carbocycles. The lowest BCUT2D eigenvalue weighted by molar-refractivity contribution is -0.132. The van der Waals surface area contributed by atoms with Gasteiger partial charge in [0.2, 0.25) is 5.91 Å². The summed E-state index contributed by atoms with van der Waals surface area (Å²) < 4.78 is 0. The summed E-state index contributed by atoms with van der Waals surface area (Å²) in [4.78, 5) is 15.6. The third-order valence-corrected chi connectivity index (χ3v) is 2.24. The number of hydrogen-bond acceptors (Lipinski definition) is 3. The van der Waals surface area contributed by atoms with Crippen molar-refractivity contribution in [3.05, 3.63) is 0 Å². The average Bonchev–Trinajstić information content (AvgIpc) is 2.15. The Bertz CT molecular complexity index is 173. The molecule has 1 aliphatic heterocycles. The van der Waals surface area contributed by atoms with E-state index in [0.29, 0.717) is 6.42 Å². The lowest BCUT2D eigenvalue weighted by atomic mass is 10.3. The largest absolute Gasteiger partial charge is 0.340 e. The second-order valence-electron chi connectivity index (χ2n) is 3.68. The van der Waals surface area contributed by atoms with Crippen molar-refractivity contribution in [1.29, 1.82) is 0 Å². The Hall–Kier alpha value is -0.0300. The molecule has 0 saturated carbocycles. The first-order chi connectivity index (χ1) is 6.20. The van der Waals surface area contributed by atoms with Crippen LogP contribution in [0.15, 0.2) is 0 Å². The molecule has 1 amide bonds. The van der Waals surface area contributed by atoms with Gasteiger partial charge in [0, 0.05) is 39.1 Å². The van der Waals surface area contributed by atoms with Gasteiger partial charge in [-0.25, -0.2) is 0 Å². The zero-order chi connectivity index (χ0) is 9.68. The molecule has 1 rings (SSSR count). The standard InChI is InChI=1S/C9H19N3O.2ClH/c1-11(2)6-3-9(13)12-7-4-10-5-8-12;;/h10H,3-8H2,1-2H3;2*1H. The van der Waals surface area contributed by atoms with Crippen LogP contribution in [0, 0.1) is 0 Å². The van der Waals surface area contributed by atoms with E-state index in [1.54, 1.807) is 0 Å². The number of piperazine rings is 1. The number of carbonyl (C=O) groups is 1. The van der Waals surface area contributed by atoms with Gasteiger partial charge in [-0.2, -0.15) is 0 Å².